The van der Waals surface area contributed by atoms with Crippen molar-refractivity contribution in [1.29, 1.82) is 0 Å². The molecule has 0 unspecified atom stereocenters. The molecule has 1 aromatic rings. The molecule has 4 nitrogen and oxygen atoms in total. The number of aryl methyl sites for hydroxylation is 1. The van der Waals surface area contributed by atoms with Gasteiger partial charge >= 0.3 is 6.03 Å². The van der Waals surface area contributed by atoms with Crippen molar-refractivity contribution in [2.75, 3.05) is 26.8 Å². The molecule has 0 spiro atoms. The monoisotopic (exact) mass is 292 g/mol. The topological polar surface area (TPSA) is 50.4 Å². The molecule has 0 aliphatic carbocycles. The van der Waals surface area contributed by atoms with Crippen molar-refractivity contribution in [3.8, 4) is 0 Å². The van der Waals surface area contributed by atoms with Gasteiger partial charge in [-0.2, -0.15) is 0 Å². The minimum Gasteiger partial charge on any atom is -0.383 e. The standard InChI is InChI=1S/C17H28N2O2/c1-17(2,3)15-9-7-14(8-10-15)6-5-11-18-16(20)19-12-13-21-4/h7-10H,5-6,11-13H2,1-4H3,(H2,18,19,20). The van der Waals surface area contributed by atoms with Gasteiger partial charge in [-0.15, -0.1) is 0 Å². The number of benzene rings is 1. The molecular formula is C17H28N2O2. The van der Waals surface area contributed by atoms with Gasteiger partial charge in [0.1, 0.15) is 0 Å². The van der Waals surface area contributed by atoms with Gasteiger partial charge in [0.15, 0.2) is 0 Å². The number of carbonyl (C=O) groups is 1. The maximum atomic E-state index is 11.4. The van der Waals surface area contributed by atoms with Crippen LogP contribution in [0.15, 0.2) is 24.3 Å². The van der Waals surface area contributed by atoms with Crippen molar-refractivity contribution in [3.63, 3.8) is 0 Å². The van der Waals surface area contributed by atoms with Crippen LogP contribution in [0.5, 0.6) is 0 Å². The largest absolute Gasteiger partial charge is 0.383 e. The molecule has 1 aromatic carbocycles. The van der Waals surface area contributed by atoms with Crippen molar-refractivity contribution in [2.24, 2.45) is 0 Å². The highest BCUT2D eigenvalue weighted by molar-refractivity contribution is 5.73. The zero-order valence-electron chi connectivity index (χ0n) is 13.7. The normalized spacial score (nSPS) is 11.2. The van der Waals surface area contributed by atoms with Crippen molar-refractivity contribution in [3.05, 3.63) is 35.4 Å². The number of urea groups is 1. The number of hydrogen-bond donors (Lipinski definition) is 2. The third-order valence-corrected chi connectivity index (χ3v) is 3.34. The van der Waals surface area contributed by atoms with Crippen LogP contribution in [-0.2, 0) is 16.6 Å². The minimum atomic E-state index is -0.130. The van der Waals surface area contributed by atoms with E-state index in [4.69, 9.17) is 4.74 Å². The molecule has 0 atom stereocenters. The van der Waals surface area contributed by atoms with Crippen LogP contribution < -0.4 is 10.6 Å². The summed E-state index contributed by atoms with van der Waals surface area (Å²) >= 11 is 0. The lowest BCUT2D eigenvalue weighted by molar-refractivity contribution is 0.196. The van der Waals surface area contributed by atoms with Gasteiger partial charge in [-0.25, -0.2) is 4.79 Å². The summed E-state index contributed by atoms with van der Waals surface area (Å²) in [5, 5.41) is 5.57. The molecule has 0 aliphatic heterocycles. The van der Waals surface area contributed by atoms with Crippen LogP contribution in [0.2, 0.25) is 0 Å². The Kier molecular flexibility index (Phi) is 7.23. The minimum absolute atomic E-state index is 0.130. The first-order valence-corrected chi connectivity index (χ1v) is 7.53. The van der Waals surface area contributed by atoms with E-state index in [2.05, 4.69) is 55.7 Å². The Morgan fingerprint density at radius 3 is 2.29 bits per heavy atom. The van der Waals surface area contributed by atoms with Crippen LogP contribution in [0.25, 0.3) is 0 Å². The number of rotatable bonds is 7. The second-order valence-electron chi connectivity index (χ2n) is 6.23. The molecule has 0 saturated heterocycles. The Hall–Kier alpha value is -1.55. The average molecular weight is 292 g/mol. The molecule has 4 heteroatoms. The molecule has 0 heterocycles. The van der Waals surface area contributed by atoms with E-state index in [1.165, 1.54) is 11.1 Å². The molecule has 0 fully saturated rings. The lowest BCUT2D eigenvalue weighted by Gasteiger charge is -2.19. The molecule has 1 rings (SSSR count). The second-order valence-corrected chi connectivity index (χ2v) is 6.23. The molecule has 2 amide bonds. The van der Waals surface area contributed by atoms with Crippen molar-refractivity contribution < 1.29 is 9.53 Å². The Morgan fingerprint density at radius 2 is 1.71 bits per heavy atom. The molecule has 0 bridgehead atoms. The molecule has 0 aromatic heterocycles. The van der Waals surface area contributed by atoms with Crippen LogP contribution in [0.4, 0.5) is 4.79 Å². The number of hydrogen-bond acceptors (Lipinski definition) is 2. The number of carbonyl (C=O) groups excluding carboxylic acids is 1. The van der Waals surface area contributed by atoms with Gasteiger partial charge in [0.2, 0.25) is 0 Å². The van der Waals surface area contributed by atoms with Crippen LogP contribution in [0, 0.1) is 0 Å². The summed E-state index contributed by atoms with van der Waals surface area (Å²) in [7, 11) is 1.62. The highest BCUT2D eigenvalue weighted by Gasteiger charge is 2.12. The predicted octanol–water partition coefficient (Wildman–Crippen LogP) is 2.86. The third kappa shape index (κ3) is 7.14. The van der Waals surface area contributed by atoms with E-state index in [1.54, 1.807) is 7.11 Å². The van der Waals surface area contributed by atoms with Gasteiger partial charge in [-0.05, 0) is 29.4 Å². The first kappa shape index (κ1) is 17.5. The van der Waals surface area contributed by atoms with Crippen LogP contribution in [0.1, 0.15) is 38.3 Å². The summed E-state index contributed by atoms with van der Waals surface area (Å²) in [6.45, 7) is 8.40. The van der Waals surface area contributed by atoms with Crippen LogP contribution in [0.3, 0.4) is 0 Å². The highest BCUT2D eigenvalue weighted by Crippen LogP contribution is 2.22. The van der Waals surface area contributed by atoms with Gasteiger partial charge in [0.25, 0.3) is 0 Å². The fourth-order valence-electron chi connectivity index (χ4n) is 1.99. The van der Waals surface area contributed by atoms with E-state index in [0.29, 0.717) is 19.7 Å². The molecule has 21 heavy (non-hydrogen) atoms. The maximum absolute atomic E-state index is 11.4. The SMILES string of the molecule is COCCNC(=O)NCCCc1ccc(C(C)(C)C)cc1. The lowest BCUT2D eigenvalue weighted by atomic mass is 9.86. The molecule has 0 saturated carbocycles. The van der Waals surface area contributed by atoms with Gasteiger partial charge in [-0.1, -0.05) is 45.0 Å². The molecule has 0 radical (unpaired) electrons. The first-order chi connectivity index (χ1) is 9.93. The molecule has 2 N–H and O–H groups in total. The predicted molar refractivity (Wildman–Crippen MR) is 86.7 cm³/mol. The summed E-state index contributed by atoms with van der Waals surface area (Å²) in [4.78, 5) is 11.4. The van der Waals surface area contributed by atoms with Crippen molar-refractivity contribution in [1.82, 2.24) is 10.6 Å². The zero-order chi connectivity index (χ0) is 15.7. The van der Waals surface area contributed by atoms with Crippen LogP contribution >= 0.6 is 0 Å². The van der Waals surface area contributed by atoms with Gasteiger partial charge < -0.3 is 15.4 Å². The lowest BCUT2D eigenvalue weighted by Crippen LogP contribution is -2.37. The molecule has 0 aliphatic rings. The Labute approximate surface area is 128 Å². The Bertz CT molecular complexity index is 421. The Morgan fingerprint density at radius 1 is 1.10 bits per heavy atom. The average Bonchev–Trinajstić information content (AvgIpc) is 2.43. The number of nitrogens with one attached hydrogen (secondary N) is 2. The van der Waals surface area contributed by atoms with Crippen molar-refractivity contribution >= 4 is 6.03 Å². The summed E-state index contributed by atoms with van der Waals surface area (Å²) in [5.41, 5.74) is 2.85. The quantitative estimate of drug-likeness (QED) is 0.759. The van der Waals surface area contributed by atoms with Crippen molar-refractivity contribution in [2.45, 2.75) is 39.0 Å². The molecular weight excluding hydrogens is 264 g/mol. The van der Waals surface area contributed by atoms with Crippen LogP contribution in [-0.4, -0.2) is 32.8 Å². The number of amides is 2. The third-order valence-electron chi connectivity index (χ3n) is 3.34. The van der Waals surface area contributed by atoms with E-state index < -0.39 is 0 Å². The number of ether oxygens (including phenoxy) is 1. The van der Waals surface area contributed by atoms with E-state index in [-0.39, 0.29) is 11.4 Å². The summed E-state index contributed by atoms with van der Waals surface area (Å²) in [6, 6.07) is 8.62. The first-order valence-electron chi connectivity index (χ1n) is 7.53. The summed E-state index contributed by atoms with van der Waals surface area (Å²) < 4.78 is 4.87. The number of methoxy groups -OCH3 is 1. The Balaban J connectivity index is 2.22. The van der Waals surface area contributed by atoms with Gasteiger partial charge in [0.05, 0.1) is 6.61 Å². The summed E-state index contributed by atoms with van der Waals surface area (Å²) in [5.74, 6) is 0. The maximum Gasteiger partial charge on any atom is 0.314 e. The van der Waals surface area contributed by atoms with E-state index in [1.807, 2.05) is 0 Å². The van der Waals surface area contributed by atoms with E-state index in [0.717, 1.165) is 12.8 Å². The van der Waals surface area contributed by atoms with E-state index >= 15 is 0 Å². The fourth-order valence-corrected chi connectivity index (χ4v) is 1.99. The summed E-state index contributed by atoms with van der Waals surface area (Å²) in [6.07, 6.45) is 1.91. The highest BCUT2D eigenvalue weighted by atomic mass is 16.5. The second kappa shape index (κ2) is 8.67. The van der Waals surface area contributed by atoms with Gasteiger partial charge in [0, 0.05) is 20.2 Å². The van der Waals surface area contributed by atoms with E-state index in [9.17, 15) is 4.79 Å². The van der Waals surface area contributed by atoms with Gasteiger partial charge in [-0.3, -0.25) is 0 Å². The fraction of sp³-hybridized carbons (Fsp3) is 0.588. The smallest absolute Gasteiger partial charge is 0.314 e. The zero-order valence-corrected chi connectivity index (χ0v) is 13.7. The molecule has 118 valence electrons.